The lowest BCUT2D eigenvalue weighted by molar-refractivity contribution is -0.175. The van der Waals surface area contributed by atoms with Gasteiger partial charge >= 0.3 is 5.97 Å². The lowest BCUT2D eigenvalue weighted by Gasteiger charge is -2.54. The van der Waals surface area contributed by atoms with E-state index in [9.17, 15) is 4.79 Å². The summed E-state index contributed by atoms with van der Waals surface area (Å²) in [6.07, 6.45) is 8.83. The first-order chi connectivity index (χ1) is 14.9. The molecule has 9 atom stereocenters. The fourth-order valence-electron chi connectivity index (χ4n) is 7.43. The highest BCUT2D eigenvalue weighted by molar-refractivity contribution is 6.74. The van der Waals surface area contributed by atoms with E-state index < -0.39 is 14.6 Å². The summed E-state index contributed by atoms with van der Waals surface area (Å²) in [5.74, 6) is 2.35. The molecule has 5 aliphatic rings. The predicted molar refractivity (Wildman–Crippen MR) is 125 cm³/mol. The average Bonchev–Trinajstić information content (AvgIpc) is 3.17. The third-order valence-corrected chi connectivity index (χ3v) is 14.6. The Morgan fingerprint density at radius 1 is 1.16 bits per heavy atom. The van der Waals surface area contributed by atoms with Crippen LogP contribution in [0.3, 0.4) is 0 Å². The molecule has 0 aromatic carbocycles. The monoisotopic (exact) mass is 462 g/mol. The van der Waals surface area contributed by atoms with E-state index in [0.29, 0.717) is 23.4 Å². The van der Waals surface area contributed by atoms with Crippen LogP contribution in [0.4, 0.5) is 0 Å². The number of allylic oxidation sites excluding steroid dienone is 1. The van der Waals surface area contributed by atoms with Crippen LogP contribution in [0.25, 0.3) is 0 Å². The molecule has 2 bridgehead atoms. The molecule has 0 aromatic rings. The normalized spacial score (nSPS) is 45.5. The Morgan fingerprint density at radius 3 is 2.59 bits per heavy atom. The summed E-state index contributed by atoms with van der Waals surface area (Å²) in [6.45, 7) is 15.8. The molecule has 6 heteroatoms. The second-order valence-electron chi connectivity index (χ2n) is 12.8. The first-order valence-electron chi connectivity index (χ1n) is 12.8. The first-order valence-corrected chi connectivity index (χ1v) is 15.7. The van der Waals surface area contributed by atoms with Crippen molar-refractivity contribution in [3.05, 3.63) is 11.6 Å². The largest absolute Gasteiger partial charge is 0.433 e. The van der Waals surface area contributed by atoms with Gasteiger partial charge in [0.15, 0.2) is 14.6 Å². The molecule has 0 N–H and O–H groups in total. The van der Waals surface area contributed by atoms with Gasteiger partial charge in [0, 0.05) is 13.3 Å². The molecule has 2 heterocycles. The van der Waals surface area contributed by atoms with Gasteiger partial charge in [-0.2, -0.15) is 0 Å². The van der Waals surface area contributed by atoms with Gasteiger partial charge in [0.1, 0.15) is 6.10 Å². The van der Waals surface area contributed by atoms with Gasteiger partial charge in [-0.25, -0.2) is 0 Å². The Labute approximate surface area is 194 Å². The minimum Gasteiger partial charge on any atom is -0.433 e. The Balaban J connectivity index is 1.35. The highest BCUT2D eigenvalue weighted by Gasteiger charge is 2.60. The summed E-state index contributed by atoms with van der Waals surface area (Å²) in [5.41, 5.74) is 1.63. The standard InChI is InChI=1S/C26H42O5Si/c1-15(27)28-24-23-18-9-8-17-16(19(18)14-22(29-23)30-24)12-13-26(5)20(17)10-11-21(26)31-32(6,7)25(2,3)4/h9,16-17,19-24H,8,10-14H2,1-7H3/t16?,17?,19-,20?,21+,22-,23-,24+,26+/m1/s1. The highest BCUT2D eigenvalue weighted by atomic mass is 28.4. The molecule has 180 valence electrons. The molecule has 3 aliphatic carbocycles. The summed E-state index contributed by atoms with van der Waals surface area (Å²) in [7, 11) is -1.78. The van der Waals surface area contributed by atoms with Crippen molar-refractivity contribution in [3.63, 3.8) is 0 Å². The van der Waals surface area contributed by atoms with Gasteiger partial charge in [-0.05, 0) is 84.9 Å². The highest BCUT2D eigenvalue weighted by Crippen LogP contribution is 2.63. The van der Waals surface area contributed by atoms with Crippen molar-refractivity contribution >= 4 is 14.3 Å². The van der Waals surface area contributed by atoms with E-state index in [1.807, 2.05) is 0 Å². The summed E-state index contributed by atoms with van der Waals surface area (Å²) < 4.78 is 24.5. The third kappa shape index (κ3) is 3.55. The maximum atomic E-state index is 11.5. The van der Waals surface area contributed by atoms with Gasteiger partial charge in [0.05, 0.1) is 6.10 Å². The second-order valence-corrected chi connectivity index (χ2v) is 17.6. The summed E-state index contributed by atoms with van der Waals surface area (Å²) in [4.78, 5) is 11.5. The number of fused-ring (bicyclic) bond motifs is 8. The average molecular weight is 463 g/mol. The molecule has 5 nitrogen and oxygen atoms in total. The summed E-state index contributed by atoms with van der Waals surface area (Å²) in [5, 5.41) is 0.251. The molecule has 2 saturated carbocycles. The smallest absolute Gasteiger partial charge is 0.305 e. The van der Waals surface area contributed by atoms with Gasteiger partial charge < -0.3 is 18.6 Å². The second kappa shape index (κ2) is 7.66. The van der Waals surface area contributed by atoms with Crippen molar-refractivity contribution in [2.45, 2.75) is 116 Å². The molecule has 0 radical (unpaired) electrons. The van der Waals surface area contributed by atoms with Crippen LogP contribution in [0.2, 0.25) is 18.1 Å². The molecule has 4 fully saturated rings. The van der Waals surface area contributed by atoms with Crippen LogP contribution in [0.15, 0.2) is 11.6 Å². The van der Waals surface area contributed by atoms with E-state index in [2.05, 4.69) is 46.9 Å². The van der Waals surface area contributed by atoms with E-state index in [1.165, 1.54) is 38.2 Å². The fraction of sp³-hybridized carbons (Fsp3) is 0.885. The molecule has 0 aromatic heterocycles. The number of carbonyl (C=O) groups excluding carboxylic acids is 1. The SMILES string of the molecule is CC(=O)O[C@H]1O[C@@H]2C[C@H]3C(=CCC4C3CC[C@@]3(C)C4CC[C@@H]3O[Si](C)(C)C(C)(C)C)[C@H]1O2. The Morgan fingerprint density at radius 2 is 1.91 bits per heavy atom. The van der Waals surface area contributed by atoms with Crippen molar-refractivity contribution in [1.82, 2.24) is 0 Å². The predicted octanol–water partition coefficient (Wildman–Crippen LogP) is 5.80. The molecular weight excluding hydrogens is 420 g/mol. The van der Waals surface area contributed by atoms with E-state index >= 15 is 0 Å². The number of hydrogen-bond donors (Lipinski definition) is 0. The minimum atomic E-state index is -1.78. The Hall–Kier alpha value is -0.693. The van der Waals surface area contributed by atoms with Crippen LogP contribution >= 0.6 is 0 Å². The van der Waals surface area contributed by atoms with Gasteiger partial charge in [0.2, 0.25) is 6.29 Å². The topological polar surface area (TPSA) is 54.0 Å². The molecule has 2 aliphatic heterocycles. The maximum Gasteiger partial charge on any atom is 0.305 e. The van der Waals surface area contributed by atoms with E-state index in [1.54, 1.807) is 0 Å². The number of rotatable bonds is 3. The summed E-state index contributed by atoms with van der Waals surface area (Å²) in [6, 6.07) is 0. The maximum absolute atomic E-state index is 11.5. The molecule has 32 heavy (non-hydrogen) atoms. The van der Waals surface area contributed by atoms with Crippen LogP contribution in [0.5, 0.6) is 0 Å². The van der Waals surface area contributed by atoms with Crippen LogP contribution in [-0.4, -0.2) is 39.1 Å². The molecular formula is C26H42O5Si. The van der Waals surface area contributed by atoms with Crippen LogP contribution < -0.4 is 0 Å². The molecule has 5 rings (SSSR count). The Kier molecular flexibility index (Phi) is 5.52. The van der Waals surface area contributed by atoms with E-state index in [4.69, 9.17) is 18.6 Å². The van der Waals surface area contributed by atoms with Crippen molar-refractivity contribution in [2.24, 2.45) is 29.1 Å². The zero-order chi connectivity index (χ0) is 23.1. The van der Waals surface area contributed by atoms with Crippen molar-refractivity contribution in [2.75, 3.05) is 0 Å². The zero-order valence-corrected chi connectivity index (χ0v) is 22.0. The zero-order valence-electron chi connectivity index (χ0n) is 21.0. The van der Waals surface area contributed by atoms with Crippen molar-refractivity contribution in [3.8, 4) is 0 Å². The van der Waals surface area contributed by atoms with Crippen LogP contribution in [-0.2, 0) is 23.4 Å². The van der Waals surface area contributed by atoms with Crippen LogP contribution in [0, 0.1) is 29.1 Å². The molecule has 0 spiro atoms. The molecule has 3 unspecified atom stereocenters. The van der Waals surface area contributed by atoms with Gasteiger partial charge in [-0.15, -0.1) is 0 Å². The number of carbonyl (C=O) groups is 1. The van der Waals surface area contributed by atoms with Crippen molar-refractivity contribution in [1.29, 1.82) is 0 Å². The first kappa shape index (κ1) is 23.1. The lowest BCUT2D eigenvalue weighted by Crippen LogP contribution is -2.52. The number of esters is 1. The quantitative estimate of drug-likeness (QED) is 0.301. The van der Waals surface area contributed by atoms with Gasteiger partial charge in [0.25, 0.3) is 0 Å². The minimum absolute atomic E-state index is 0.213. The molecule has 2 saturated heterocycles. The van der Waals surface area contributed by atoms with Gasteiger partial charge in [-0.3, -0.25) is 4.79 Å². The number of hydrogen-bond acceptors (Lipinski definition) is 5. The Bertz CT molecular complexity index is 801. The van der Waals surface area contributed by atoms with Gasteiger partial charge in [-0.1, -0.05) is 33.8 Å². The van der Waals surface area contributed by atoms with E-state index in [-0.39, 0.29) is 23.4 Å². The lowest BCUT2D eigenvalue weighted by atomic mass is 9.53. The van der Waals surface area contributed by atoms with E-state index in [0.717, 1.165) is 24.7 Å². The summed E-state index contributed by atoms with van der Waals surface area (Å²) >= 11 is 0. The van der Waals surface area contributed by atoms with Crippen molar-refractivity contribution < 1.29 is 23.4 Å². The number of ether oxygens (including phenoxy) is 3. The third-order valence-electron chi connectivity index (χ3n) is 10.1. The molecule has 0 amide bonds. The van der Waals surface area contributed by atoms with Crippen LogP contribution in [0.1, 0.15) is 73.1 Å². The fourth-order valence-corrected chi connectivity index (χ4v) is 8.88.